The van der Waals surface area contributed by atoms with E-state index < -0.39 is 30.1 Å². The van der Waals surface area contributed by atoms with Crippen molar-refractivity contribution in [2.75, 3.05) is 6.61 Å². The van der Waals surface area contributed by atoms with Gasteiger partial charge >= 0.3 is 12.1 Å². The number of amides is 2. The van der Waals surface area contributed by atoms with Crippen molar-refractivity contribution in [3.63, 3.8) is 0 Å². The number of rotatable bonds is 9. The number of aliphatic carboxylic acids is 1. The summed E-state index contributed by atoms with van der Waals surface area (Å²) < 4.78 is 5.58. The third-order valence-electron chi connectivity index (χ3n) is 6.25. The van der Waals surface area contributed by atoms with Gasteiger partial charge in [-0.3, -0.25) is 9.59 Å². The number of nitrogens with one attached hydrogen (secondary N) is 2. The molecule has 0 aromatic heterocycles. The van der Waals surface area contributed by atoms with Crippen molar-refractivity contribution in [1.29, 1.82) is 0 Å². The van der Waals surface area contributed by atoms with Gasteiger partial charge in [0.15, 0.2) is 0 Å². The van der Waals surface area contributed by atoms with Crippen LogP contribution in [0.2, 0.25) is 0 Å². The molecule has 1 aliphatic carbocycles. The number of benzene rings is 3. The van der Waals surface area contributed by atoms with E-state index in [0.29, 0.717) is 12.8 Å². The van der Waals surface area contributed by atoms with E-state index in [0.717, 1.165) is 27.8 Å². The first-order valence-corrected chi connectivity index (χ1v) is 11.6. The molecule has 0 bridgehead atoms. The molecular weight excluding hydrogens is 444 g/mol. The van der Waals surface area contributed by atoms with Crippen LogP contribution in [0.5, 0.6) is 0 Å². The number of ether oxygens (including phenoxy) is 1. The van der Waals surface area contributed by atoms with Crippen molar-refractivity contribution in [3.8, 4) is 11.1 Å². The number of aryl methyl sites for hydroxylation is 1. The predicted octanol–water partition coefficient (Wildman–Crippen LogP) is 4.12. The molecule has 1 aliphatic rings. The standard InChI is InChI=1S/C28H28N2O5/c1-18(27(32)33)29-26(31)25(16-15-19-9-3-2-4-10-19)30-28(34)35-17-24-22-13-7-5-11-20(22)21-12-6-8-14-23(21)24/h2-14,18,24-25H,15-17H2,1H3,(H,29,31)(H,30,34)(H,32,33). The predicted molar refractivity (Wildman–Crippen MR) is 132 cm³/mol. The van der Waals surface area contributed by atoms with E-state index in [1.807, 2.05) is 66.7 Å². The highest BCUT2D eigenvalue weighted by Gasteiger charge is 2.30. The van der Waals surface area contributed by atoms with Crippen molar-refractivity contribution in [2.24, 2.45) is 0 Å². The van der Waals surface area contributed by atoms with E-state index in [-0.39, 0.29) is 12.5 Å². The van der Waals surface area contributed by atoms with Gasteiger partial charge in [0.2, 0.25) is 5.91 Å². The fourth-order valence-corrected chi connectivity index (χ4v) is 4.38. The van der Waals surface area contributed by atoms with Crippen molar-refractivity contribution in [3.05, 3.63) is 95.6 Å². The first kappa shape index (κ1) is 24.0. The Bertz CT molecular complexity index is 1170. The van der Waals surface area contributed by atoms with Crippen LogP contribution in [0.15, 0.2) is 78.9 Å². The van der Waals surface area contributed by atoms with Gasteiger partial charge in [0, 0.05) is 5.92 Å². The topological polar surface area (TPSA) is 105 Å². The summed E-state index contributed by atoms with van der Waals surface area (Å²) in [6, 6.07) is 23.6. The zero-order valence-corrected chi connectivity index (χ0v) is 19.4. The van der Waals surface area contributed by atoms with Crippen molar-refractivity contribution >= 4 is 18.0 Å². The van der Waals surface area contributed by atoms with Gasteiger partial charge in [0.05, 0.1) is 0 Å². The zero-order valence-electron chi connectivity index (χ0n) is 19.4. The molecule has 2 amide bonds. The largest absolute Gasteiger partial charge is 0.480 e. The number of carbonyl (C=O) groups excluding carboxylic acids is 2. The van der Waals surface area contributed by atoms with Gasteiger partial charge < -0.3 is 20.5 Å². The molecule has 7 heteroatoms. The first-order valence-electron chi connectivity index (χ1n) is 11.6. The lowest BCUT2D eigenvalue weighted by Gasteiger charge is -2.21. The van der Waals surface area contributed by atoms with Crippen LogP contribution < -0.4 is 10.6 Å². The third-order valence-corrected chi connectivity index (χ3v) is 6.25. The summed E-state index contributed by atoms with van der Waals surface area (Å²) >= 11 is 0. The molecule has 4 rings (SSSR count). The van der Waals surface area contributed by atoms with Crippen LogP contribution >= 0.6 is 0 Å². The molecule has 180 valence electrons. The molecule has 3 aromatic carbocycles. The second-order valence-electron chi connectivity index (χ2n) is 8.62. The Hall–Kier alpha value is -4.13. The second kappa shape index (κ2) is 10.9. The lowest BCUT2D eigenvalue weighted by Crippen LogP contribution is -2.51. The van der Waals surface area contributed by atoms with E-state index in [1.165, 1.54) is 6.92 Å². The van der Waals surface area contributed by atoms with E-state index in [2.05, 4.69) is 22.8 Å². The Morgan fingerprint density at radius 1 is 0.857 bits per heavy atom. The van der Waals surface area contributed by atoms with Gasteiger partial charge in [0.1, 0.15) is 18.7 Å². The molecule has 3 aromatic rings. The van der Waals surface area contributed by atoms with E-state index in [1.54, 1.807) is 0 Å². The van der Waals surface area contributed by atoms with Crippen LogP contribution in [0.1, 0.15) is 36.0 Å². The number of carbonyl (C=O) groups is 3. The molecule has 0 saturated heterocycles. The van der Waals surface area contributed by atoms with Gasteiger partial charge in [-0.25, -0.2) is 4.79 Å². The number of carboxylic acid groups (broad SMARTS) is 1. The highest BCUT2D eigenvalue weighted by Crippen LogP contribution is 2.44. The van der Waals surface area contributed by atoms with E-state index in [4.69, 9.17) is 9.84 Å². The molecule has 0 saturated carbocycles. The fraction of sp³-hybridized carbons (Fsp3) is 0.250. The molecule has 3 N–H and O–H groups in total. The SMILES string of the molecule is CC(NC(=O)C(CCc1ccccc1)NC(=O)OCC1c2ccccc2-c2ccccc21)C(=O)O. The summed E-state index contributed by atoms with van der Waals surface area (Å²) in [6.07, 6.45) is 0.110. The van der Waals surface area contributed by atoms with Gasteiger partial charge in [0.25, 0.3) is 0 Å². The smallest absolute Gasteiger partial charge is 0.407 e. The molecule has 35 heavy (non-hydrogen) atoms. The highest BCUT2D eigenvalue weighted by molar-refractivity contribution is 5.89. The number of hydrogen-bond donors (Lipinski definition) is 3. The van der Waals surface area contributed by atoms with Gasteiger partial charge in [-0.2, -0.15) is 0 Å². The minimum absolute atomic E-state index is 0.100. The maximum Gasteiger partial charge on any atom is 0.407 e. The number of carboxylic acids is 1. The number of hydrogen-bond acceptors (Lipinski definition) is 4. The van der Waals surface area contributed by atoms with Crippen LogP contribution in [0.4, 0.5) is 4.79 Å². The van der Waals surface area contributed by atoms with Crippen molar-refractivity contribution in [1.82, 2.24) is 10.6 Å². The van der Waals surface area contributed by atoms with Crippen LogP contribution in [0, 0.1) is 0 Å². The monoisotopic (exact) mass is 472 g/mol. The number of alkyl carbamates (subject to hydrolysis) is 1. The summed E-state index contributed by atoms with van der Waals surface area (Å²) in [7, 11) is 0. The van der Waals surface area contributed by atoms with Crippen LogP contribution in [-0.4, -0.2) is 41.8 Å². The summed E-state index contributed by atoms with van der Waals surface area (Å²) in [5.74, 6) is -1.82. The van der Waals surface area contributed by atoms with Crippen molar-refractivity contribution < 1.29 is 24.2 Å². The van der Waals surface area contributed by atoms with Crippen LogP contribution in [-0.2, 0) is 20.7 Å². The summed E-state index contributed by atoms with van der Waals surface area (Å²) in [4.78, 5) is 36.7. The molecule has 0 aliphatic heterocycles. The third kappa shape index (κ3) is 5.69. The van der Waals surface area contributed by atoms with E-state index >= 15 is 0 Å². The lowest BCUT2D eigenvalue weighted by molar-refractivity contribution is -0.141. The Morgan fingerprint density at radius 2 is 1.43 bits per heavy atom. The molecule has 2 atom stereocenters. The van der Waals surface area contributed by atoms with Crippen molar-refractivity contribution in [2.45, 2.75) is 37.8 Å². The maximum absolute atomic E-state index is 12.8. The molecule has 2 unspecified atom stereocenters. The minimum Gasteiger partial charge on any atom is -0.480 e. The maximum atomic E-state index is 12.8. The Kier molecular flexibility index (Phi) is 7.45. The average Bonchev–Trinajstić information content (AvgIpc) is 3.19. The normalized spacial score (nSPS) is 13.7. The summed E-state index contributed by atoms with van der Waals surface area (Å²) in [5.41, 5.74) is 5.44. The molecule has 0 fully saturated rings. The Morgan fingerprint density at radius 3 is 2.03 bits per heavy atom. The van der Waals surface area contributed by atoms with E-state index in [9.17, 15) is 14.4 Å². The average molecular weight is 473 g/mol. The zero-order chi connectivity index (χ0) is 24.8. The minimum atomic E-state index is -1.15. The molecule has 7 nitrogen and oxygen atoms in total. The molecule has 0 radical (unpaired) electrons. The summed E-state index contributed by atoms with van der Waals surface area (Å²) in [5, 5.41) is 14.2. The summed E-state index contributed by atoms with van der Waals surface area (Å²) in [6.45, 7) is 1.50. The Balaban J connectivity index is 1.42. The molecule has 0 heterocycles. The number of fused-ring (bicyclic) bond motifs is 3. The van der Waals surface area contributed by atoms with Crippen LogP contribution in [0.3, 0.4) is 0 Å². The molecule has 0 spiro atoms. The van der Waals surface area contributed by atoms with Crippen LogP contribution in [0.25, 0.3) is 11.1 Å². The first-order chi connectivity index (χ1) is 16.9. The second-order valence-corrected chi connectivity index (χ2v) is 8.62. The van der Waals surface area contributed by atoms with Gasteiger partial charge in [-0.15, -0.1) is 0 Å². The van der Waals surface area contributed by atoms with Gasteiger partial charge in [-0.05, 0) is 47.6 Å². The fourth-order valence-electron chi connectivity index (χ4n) is 4.38. The quantitative estimate of drug-likeness (QED) is 0.435. The highest BCUT2D eigenvalue weighted by atomic mass is 16.5. The lowest BCUT2D eigenvalue weighted by atomic mass is 9.98. The van der Waals surface area contributed by atoms with Gasteiger partial charge in [-0.1, -0.05) is 78.9 Å². The molecular formula is C28H28N2O5. The Labute approximate surface area is 204 Å².